The maximum Gasteiger partial charge on any atom is 0.264 e. The van der Waals surface area contributed by atoms with Crippen LogP contribution in [0.15, 0.2) is 18.2 Å². The van der Waals surface area contributed by atoms with Crippen LogP contribution in [-0.2, 0) is 19.2 Å². The average molecular weight is 400 g/mol. The molecule has 152 valence electrons. The van der Waals surface area contributed by atoms with E-state index in [-0.39, 0.29) is 48.4 Å². The number of fused-ring (bicyclic) bond motifs is 1. The Kier molecular flexibility index (Phi) is 5.71. The number of unbranched alkanes of at least 4 members (excludes halogenated alkanes) is 1. The zero-order valence-electron chi connectivity index (χ0n) is 15.5. The van der Waals surface area contributed by atoms with Gasteiger partial charge in [-0.2, -0.15) is 0 Å². The van der Waals surface area contributed by atoms with Gasteiger partial charge in [0.25, 0.3) is 11.8 Å². The molecule has 0 radical (unpaired) electrons. The molecule has 2 aliphatic rings. The van der Waals surface area contributed by atoms with Gasteiger partial charge < -0.3 is 11.1 Å². The fourth-order valence-corrected chi connectivity index (χ4v) is 3.42. The molecule has 29 heavy (non-hydrogen) atoms. The second-order valence-electron chi connectivity index (χ2n) is 6.90. The van der Waals surface area contributed by atoms with Crippen molar-refractivity contribution in [2.45, 2.75) is 44.6 Å². The molecule has 0 saturated carbocycles. The molecule has 0 aliphatic carbocycles. The number of hydrogen-bond acceptors (Lipinski definition) is 6. The number of rotatable bonds is 7. The first-order chi connectivity index (χ1) is 13.8. The summed E-state index contributed by atoms with van der Waals surface area (Å²) in [4.78, 5) is 72.8. The summed E-state index contributed by atoms with van der Waals surface area (Å²) in [5.74, 6) is -3.30. The highest BCUT2D eigenvalue weighted by molar-refractivity contribution is 6.26. The molecule has 10 heteroatoms. The van der Waals surface area contributed by atoms with Gasteiger partial charge in [0, 0.05) is 19.3 Å². The van der Waals surface area contributed by atoms with Gasteiger partial charge in [-0.25, -0.2) is 0 Å². The number of carbonyl (C=O) groups excluding carboxylic acids is 6. The summed E-state index contributed by atoms with van der Waals surface area (Å²) in [5, 5.41) is 4.74. The third-order valence-corrected chi connectivity index (χ3v) is 4.82. The lowest BCUT2D eigenvalue weighted by Gasteiger charge is -2.27. The van der Waals surface area contributed by atoms with E-state index in [2.05, 4.69) is 10.6 Å². The van der Waals surface area contributed by atoms with Crippen LogP contribution < -0.4 is 16.4 Å². The van der Waals surface area contributed by atoms with Gasteiger partial charge >= 0.3 is 0 Å². The zero-order valence-corrected chi connectivity index (χ0v) is 15.5. The fraction of sp³-hybridized carbons (Fsp3) is 0.368. The van der Waals surface area contributed by atoms with Crippen LogP contribution in [0.4, 0.5) is 5.69 Å². The van der Waals surface area contributed by atoms with Crippen molar-refractivity contribution in [3.05, 3.63) is 29.3 Å². The first-order valence-corrected chi connectivity index (χ1v) is 9.22. The predicted octanol–water partition coefficient (Wildman–Crippen LogP) is 0.0720. The highest BCUT2D eigenvalue weighted by Crippen LogP contribution is 2.32. The van der Waals surface area contributed by atoms with E-state index in [1.807, 2.05) is 0 Å². The lowest BCUT2D eigenvalue weighted by molar-refractivity contribution is -0.136. The van der Waals surface area contributed by atoms with E-state index in [1.165, 1.54) is 18.2 Å². The van der Waals surface area contributed by atoms with Gasteiger partial charge in [-0.05, 0) is 31.4 Å². The highest BCUT2D eigenvalue weighted by atomic mass is 16.2. The molecule has 1 fully saturated rings. The van der Waals surface area contributed by atoms with Crippen molar-refractivity contribution in [1.29, 1.82) is 0 Å². The van der Waals surface area contributed by atoms with Crippen LogP contribution in [0.2, 0.25) is 0 Å². The number of piperidine rings is 1. The molecule has 3 rings (SSSR count). The summed E-state index contributed by atoms with van der Waals surface area (Å²) in [6.45, 7) is 0. The van der Waals surface area contributed by atoms with Gasteiger partial charge in [-0.15, -0.1) is 0 Å². The normalized spacial score (nSPS) is 18.5. The van der Waals surface area contributed by atoms with E-state index in [0.29, 0.717) is 12.8 Å². The van der Waals surface area contributed by atoms with Gasteiger partial charge in [0.15, 0.2) is 0 Å². The first kappa shape index (κ1) is 20.2. The van der Waals surface area contributed by atoms with Crippen molar-refractivity contribution in [2.75, 3.05) is 5.32 Å². The number of benzene rings is 1. The van der Waals surface area contributed by atoms with Crippen LogP contribution in [-0.4, -0.2) is 46.4 Å². The lowest BCUT2D eigenvalue weighted by Crippen LogP contribution is -2.54. The number of nitrogens with two attached hydrogens (primary N) is 1. The average Bonchev–Trinajstić information content (AvgIpc) is 2.91. The van der Waals surface area contributed by atoms with Gasteiger partial charge in [0.1, 0.15) is 6.04 Å². The van der Waals surface area contributed by atoms with E-state index in [9.17, 15) is 28.8 Å². The van der Waals surface area contributed by atoms with Crippen molar-refractivity contribution in [1.82, 2.24) is 10.2 Å². The molecule has 1 unspecified atom stereocenters. The molecular formula is C19H20N4O6. The van der Waals surface area contributed by atoms with Crippen molar-refractivity contribution in [2.24, 2.45) is 5.73 Å². The van der Waals surface area contributed by atoms with Crippen LogP contribution in [0.5, 0.6) is 0 Å². The molecular weight excluding hydrogens is 380 g/mol. The summed E-state index contributed by atoms with van der Waals surface area (Å²) in [7, 11) is 0. The summed E-state index contributed by atoms with van der Waals surface area (Å²) in [6.07, 6.45) is 1.30. The SMILES string of the molecule is NC(=O)CCCCC(=O)Nc1cccc2c1C(=O)N(C1CCC(=O)NC1=O)C2=O. The molecule has 6 amide bonds. The Balaban J connectivity index is 1.74. The Morgan fingerprint density at radius 3 is 2.52 bits per heavy atom. The number of imide groups is 2. The number of primary amides is 1. The Morgan fingerprint density at radius 2 is 1.83 bits per heavy atom. The lowest BCUT2D eigenvalue weighted by atomic mass is 10.0. The minimum Gasteiger partial charge on any atom is -0.370 e. The Hall–Kier alpha value is -3.56. The number of nitrogens with zero attached hydrogens (tertiary/aromatic N) is 1. The van der Waals surface area contributed by atoms with Crippen LogP contribution in [0.3, 0.4) is 0 Å². The maximum absolute atomic E-state index is 12.9. The van der Waals surface area contributed by atoms with Crippen LogP contribution >= 0.6 is 0 Å². The van der Waals surface area contributed by atoms with Gasteiger partial charge in [-0.3, -0.25) is 39.0 Å². The molecule has 0 aromatic heterocycles. The van der Waals surface area contributed by atoms with E-state index in [0.717, 1.165) is 4.90 Å². The predicted molar refractivity (Wildman–Crippen MR) is 99.4 cm³/mol. The van der Waals surface area contributed by atoms with Crippen molar-refractivity contribution < 1.29 is 28.8 Å². The molecule has 0 spiro atoms. The second-order valence-corrected chi connectivity index (χ2v) is 6.90. The number of amides is 6. The summed E-state index contributed by atoms with van der Waals surface area (Å²) < 4.78 is 0. The maximum atomic E-state index is 12.9. The van der Waals surface area contributed by atoms with E-state index < -0.39 is 35.6 Å². The fourth-order valence-electron chi connectivity index (χ4n) is 3.42. The standard InChI is InChI=1S/C19H20N4O6/c20-13(24)6-1-2-7-14(25)21-11-5-3-4-10-16(11)19(29)23(18(10)28)12-8-9-15(26)22-17(12)27/h3-5,12H,1-2,6-9H2,(H2,20,24)(H,21,25)(H,22,26,27). The van der Waals surface area contributed by atoms with E-state index >= 15 is 0 Å². The summed E-state index contributed by atoms with van der Waals surface area (Å²) in [5.41, 5.74) is 5.34. The quantitative estimate of drug-likeness (QED) is 0.434. The van der Waals surface area contributed by atoms with Crippen molar-refractivity contribution in [3.8, 4) is 0 Å². The highest BCUT2D eigenvalue weighted by Gasteiger charge is 2.45. The first-order valence-electron chi connectivity index (χ1n) is 9.22. The second kappa shape index (κ2) is 8.21. The van der Waals surface area contributed by atoms with Crippen LogP contribution in [0, 0.1) is 0 Å². The van der Waals surface area contributed by atoms with Crippen molar-refractivity contribution in [3.63, 3.8) is 0 Å². The molecule has 0 bridgehead atoms. The summed E-state index contributed by atoms with van der Waals surface area (Å²) in [6, 6.07) is 3.40. The Morgan fingerprint density at radius 1 is 1.10 bits per heavy atom. The Bertz CT molecular complexity index is 925. The molecule has 10 nitrogen and oxygen atoms in total. The van der Waals surface area contributed by atoms with Crippen LogP contribution in [0.1, 0.15) is 59.2 Å². The van der Waals surface area contributed by atoms with Gasteiger partial charge in [-0.1, -0.05) is 6.07 Å². The number of nitrogens with one attached hydrogen (secondary N) is 2. The van der Waals surface area contributed by atoms with Crippen LogP contribution in [0.25, 0.3) is 0 Å². The summed E-state index contributed by atoms with van der Waals surface area (Å²) >= 11 is 0. The third kappa shape index (κ3) is 4.15. The molecule has 2 aliphatic heterocycles. The van der Waals surface area contributed by atoms with Gasteiger partial charge in [0.2, 0.25) is 23.6 Å². The number of carbonyl (C=O) groups is 6. The molecule has 1 aromatic carbocycles. The van der Waals surface area contributed by atoms with E-state index in [1.54, 1.807) is 0 Å². The molecule has 4 N–H and O–H groups in total. The monoisotopic (exact) mass is 400 g/mol. The minimum atomic E-state index is -1.07. The molecule has 1 saturated heterocycles. The zero-order chi connectivity index (χ0) is 21.1. The smallest absolute Gasteiger partial charge is 0.264 e. The Labute approximate surface area is 165 Å². The molecule has 2 heterocycles. The van der Waals surface area contributed by atoms with E-state index in [4.69, 9.17) is 5.73 Å². The third-order valence-electron chi connectivity index (χ3n) is 4.82. The minimum absolute atomic E-state index is 0.0210. The van der Waals surface area contributed by atoms with Gasteiger partial charge in [0.05, 0.1) is 16.8 Å². The largest absolute Gasteiger partial charge is 0.370 e. The topological polar surface area (TPSA) is 156 Å². The number of anilines is 1. The molecule has 1 aromatic rings. The number of hydrogen-bond donors (Lipinski definition) is 3. The molecule has 1 atom stereocenters. The van der Waals surface area contributed by atoms with Crippen molar-refractivity contribution >= 4 is 41.1 Å².